The zero-order chi connectivity index (χ0) is 12.2. The van der Waals surface area contributed by atoms with Crippen LogP contribution in [-0.4, -0.2) is 31.6 Å². The molecular weight excluding hydrogens is 208 g/mol. The second-order valence-corrected chi connectivity index (χ2v) is 4.64. The molecule has 0 amide bonds. The normalized spacial score (nSPS) is 22.4. The van der Waals surface area contributed by atoms with E-state index in [1.165, 1.54) is 0 Å². The van der Waals surface area contributed by atoms with E-state index in [0.717, 1.165) is 12.5 Å². The highest BCUT2D eigenvalue weighted by molar-refractivity contribution is 5.81. The van der Waals surface area contributed by atoms with Gasteiger partial charge in [0.1, 0.15) is 6.61 Å². The van der Waals surface area contributed by atoms with Crippen LogP contribution in [0.25, 0.3) is 0 Å². The van der Waals surface area contributed by atoms with Gasteiger partial charge in [0.2, 0.25) is 0 Å². The third-order valence-electron chi connectivity index (χ3n) is 2.89. The fraction of sp³-hybridized carbons (Fsp3) is 0.750. The van der Waals surface area contributed by atoms with Crippen molar-refractivity contribution in [3.05, 3.63) is 12.7 Å². The first kappa shape index (κ1) is 13.2. The Labute approximate surface area is 96.6 Å². The van der Waals surface area contributed by atoms with Gasteiger partial charge in [-0.3, -0.25) is 0 Å². The lowest BCUT2D eigenvalue weighted by Gasteiger charge is -2.42. The van der Waals surface area contributed by atoms with Crippen molar-refractivity contribution < 1.29 is 19.0 Å². The van der Waals surface area contributed by atoms with Crippen molar-refractivity contribution in [3.63, 3.8) is 0 Å². The molecule has 0 aromatic heterocycles. The topological polar surface area (TPSA) is 44.8 Å². The Bertz CT molecular complexity index is 260. The second kappa shape index (κ2) is 4.97. The molecule has 0 N–H and O–H groups in total. The van der Waals surface area contributed by atoms with Crippen LogP contribution in [-0.2, 0) is 19.0 Å². The molecular formula is C12H20O4. The van der Waals surface area contributed by atoms with E-state index in [1.54, 1.807) is 0 Å². The standard InChI is InChI=1S/C12H20O4/c1-5-10(13)14-7-12(6-2)8-15-11(3,4)16-9-12/h5H,1,6-9H2,2-4H3. The summed E-state index contributed by atoms with van der Waals surface area (Å²) in [6.45, 7) is 10.5. The highest BCUT2D eigenvalue weighted by atomic mass is 16.7. The molecule has 0 radical (unpaired) electrons. The number of carbonyl (C=O) groups is 1. The van der Waals surface area contributed by atoms with Gasteiger partial charge >= 0.3 is 5.97 Å². The molecule has 0 aromatic carbocycles. The number of hydrogen-bond acceptors (Lipinski definition) is 4. The summed E-state index contributed by atoms with van der Waals surface area (Å²) in [5, 5.41) is 0. The first-order valence-corrected chi connectivity index (χ1v) is 5.50. The molecule has 1 rings (SSSR count). The van der Waals surface area contributed by atoms with Crippen molar-refractivity contribution in [2.24, 2.45) is 5.41 Å². The molecule has 0 atom stereocenters. The van der Waals surface area contributed by atoms with Crippen LogP contribution in [0.1, 0.15) is 27.2 Å². The van der Waals surface area contributed by atoms with Gasteiger partial charge in [0, 0.05) is 6.08 Å². The predicted molar refractivity (Wildman–Crippen MR) is 59.9 cm³/mol. The summed E-state index contributed by atoms with van der Waals surface area (Å²) in [5.74, 6) is -0.946. The van der Waals surface area contributed by atoms with Crippen LogP contribution in [0.15, 0.2) is 12.7 Å². The molecule has 1 heterocycles. The molecule has 4 heteroatoms. The van der Waals surface area contributed by atoms with Crippen LogP contribution < -0.4 is 0 Å². The van der Waals surface area contributed by atoms with E-state index < -0.39 is 11.8 Å². The molecule has 0 aromatic rings. The van der Waals surface area contributed by atoms with Crippen LogP contribution in [0.2, 0.25) is 0 Å². The average molecular weight is 228 g/mol. The van der Waals surface area contributed by atoms with Gasteiger partial charge in [0.05, 0.1) is 18.6 Å². The maximum Gasteiger partial charge on any atom is 0.330 e. The Hall–Kier alpha value is -0.870. The first-order chi connectivity index (χ1) is 7.43. The molecule has 0 bridgehead atoms. The van der Waals surface area contributed by atoms with Crippen molar-refractivity contribution in [2.45, 2.75) is 33.0 Å². The predicted octanol–water partition coefficient (Wildman–Crippen LogP) is 1.89. The van der Waals surface area contributed by atoms with Crippen LogP contribution in [0.5, 0.6) is 0 Å². The Morgan fingerprint density at radius 2 is 2.00 bits per heavy atom. The zero-order valence-corrected chi connectivity index (χ0v) is 10.2. The van der Waals surface area contributed by atoms with Crippen molar-refractivity contribution in [1.82, 2.24) is 0 Å². The lowest BCUT2D eigenvalue weighted by molar-refractivity contribution is -0.291. The van der Waals surface area contributed by atoms with Gasteiger partial charge < -0.3 is 14.2 Å². The monoisotopic (exact) mass is 228 g/mol. The molecule has 4 nitrogen and oxygen atoms in total. The number of rotatable bonds is 4. The van der Waals surface area contributed by atoms with E-state index in [1.807, 2.05) is 20.8 Å². The summed E-state index contributed by atoms with van der Waals surface area (Å²) in [6, 6.07) is 0. The van der Waals surface area contributed by atoms with Crippen molar-refractivity contribution >= 4 is 5.97 Å². The van der Waals surface area contributed by atoms with E-state index in [-0.39, 0.29) is 5.41 Å². The minimum atomic E-state index is -0.541. The molecule has 0 aliphatic carbocycles. The summed E-state index contributed by atoms with van der Waals surface area (Å²) in [4.78, 5) is 11.0. The molecule has 16 heavy (non-hydrogen) atoms. The van der Waals surface area contributed by atoms with E-state index in [0.29, 0.717) is 19.8 Å². The Morgan fingerprint density at radius 1 is 1.44 bits per heavy atom. The van der Waals surface area contributed by atoms with Gasteiger partial charge in [-0.1, -0.05) is 13.5 Å². The summed E-state index contributed by atoms with van der Waals surface area (Å²) in [6.07, 6.45) is 2.01. The fourth-order valence-electron chi connectivity index (χ4n) is 1.41. The Morgan fingerprint density at radius 3 is 2.44 bits per heavy atom. The van der Waals surface area contributed by atoms with Crippen LogP contribution in [0.4, 0.5) is 0 Å². The summed E-state index contributed by atoms with van der Waals surface area (Å²) in [5.41, 5.74) is -0.228. The van der Waals surface area contributed by atoms with E-state index in [4.69, 9.17) is 14.2 Å². The van der Waals surface area contributed by atoms with Gasteiger partial charge in [0.15, 0.2) is 5.79 Å². The van der Waals surface area contributed by atoms with E-state index >= 15 is 0 Å². The van der Waals surface area contributed by atoms with Gasteiger partial charge in [-0.25, -0.2) is 4.79 Å². The Kier molecular flexibility index (Phi) is 4.10. The van der Waals surface area contributed by atoms with Crippen LogP contribution in [0, 0.1) is 5.41 Å². The van der Waals surface area contributed by atoms with Crippen molar-refractivity contribution in [1.29, 1.82) is 0 Å². The third-order valence-corrected chi connectivity index (χ3v) is 2.89. The molecule has 1 aliphatic heterocycles. The molecule has 1 saturated heterocycles. The van der Waals surface area contributed by atoms with E-state index in [2.05, 4.69) is 6.58 Å². The smallest absolute Gasteiger partial charge is 0.330 e. The number of carbonyl (C=O) groups excluding carboxylic acids is 1. The molecule has 1 aliphatic rings. The maximum absolute atomic E-state index is 11.0. The van der Waals surface area contributed by atoms with Crippen molar-refractivity contribution in [2.75, 3.05) is 19.8 Å². The SMILES string of the molecule is C=CC(=O)OCC1(CC)COC(C)(C)OC1. The quantitative estimate of drug-likeness (QED) is 0.544. The van der Waals surface area contributed by atoms with Crippen molar-refractivity contribution in [3.8, 4) is 0 Å². The minimum Gasteiger partial charge on any atom is -0.462 e. The highest BCUT2D eigenvalue weighted by Gasteiger charge is 2.39. The van der Waals surface area contributed by atoms with Gasteiger partial charge in [0.25, 0.3) is 0 Å². The van der Waals surface area contributed by atoms with Gasteiger partial charge in [-0.15, -0.1) is 0 Å². The third kappa shape index (κ3) is 3.32. The number of hydrogen-bond donors (Lipinski definition) is 0. The largest absolute Gasteiger partial charge is 0.462 e. The van der Waals surface area contributed by atoms with E-state index in [9.17, 15) is 4.79 Å². The maximum atomic E-state index is 11.0. The highest BCUT2D eigenvalue weighted by Crippen LogP contribution is 2.32. The van der Waals surface area contributed by atoms with Crippen LogP contribution in [0.3, 0.4) is 0 Å². The average Bonchev–Trinajstić information content (AvgIpc) is 2.28. The lowest BCUT2D eigenvalue weighted by atomic mass is 9.87. The minimum absolute atomic E-state index is 0.228. The number of esters is 1. The molecule has 0 unspecified atom stereocenters. The van der Waals surface area contributed by atoms with Gasteiger partial charge in [-0.05, 0) is 20.3 Å². The lowest BCUT2D eigenvalue weighted by Crippen LogP contribution is -2.48. The molecule has 0 spiro atoms. The second-order valence-electron chi connectivity index (χ2n) is 4.64. The molecule has 0 saturated carbocycles. The zero-order valence-electron chi connectivity index (χ0n) is 10.2. The number of ether oxygens (including phenoxy) is 3. The molecule has 92 valence electrons. The Balaban J connectivity index is 2.52. The summed E-state index contributed by atoms with van der Waals surface area (Å²) in [7, 11) is 0. The summed E-state index contributed by atoms with van der Waals surface area (Å²) >= 11 is 0. The molecule has 1 fully saturated rings. The fourth-order valence-corrected chi connectivity index (χ4v) is 1.41. The van der Waals surface area contributed by atoms with Crippen LogP contribution >= 0.6 is 0 Å². The summed E-state index contributed by atoms with van der Waals surface area (Å²) < 4.78 is 16.3. The first-order valence-electron chi connectivity index (χ1n) is 5.50. The van der Waals surface area contributed by atoms with Gasteiger partial charge in [-0.2, -0.15) is 0 Å².